The number of carboxylic acids is 1. The van der Waals surface area contributed by atoms with Crippen molar-refractivity contribution in [2.24, 2.45) is 0 Å². The lowest BCUT2D eigenvalue weighted by Crippen LogP contribution is -1.97. The van der Waals surface area contributed by atoms with Gasteiger partial charge in [0, 0.05) is 6.42 Å². The van der Waals surface area contributed by atoms with E-state index in [0.29, 0.717) is 12.1 Å². The topological polar surface area (TPSA) is 68.0 Å². The highest BCUT2D eigenvalue weighted by atomic mass is 16.4. The number of carboxylic acid groups (broad SMARTS) is 1. The van der Waals surface area contributed by atoms with Crippen LogP contribution in [0.5, 0.6) is 0 Å². The number of hydrogen-bond donors (Lipinski definition) is 1. The molecule has 94 valence electrons. The van der Waals surface area contributed by atoms with Crippen LogP contribution in [0.3, 0.4) is 0 Å². The summed E-state index contributed by atoms with van der Waals surface area (Å²) in [6.45, 7) is 4.10. The predicted octanol–water partition coefficient (Wildman–Crippen LogP) is 1.90. The number of hydrogen-bond acceptors (Lipinski definition) is 3. The summed E-state index contributed by atoms with van der Waals surface area (Å²) >= 11 is 0. The molecule has 0 atom stereocenters. The number of rotatable bonds is 4. The molecule has 0 unspecified atom stereocenters. The molecule has 0 aliphatic rings. The Labute approximate surface area is 105 Å². The SMILES string of the molecule is Cc1ccc(-n2cc(CCC(=O)O)nn2)cc1C. The molecular formula is C13H15N3O2. The molecule has 1 aromatic carbocycles. The zero-order chi connectivity index (χ0) is 13.1. The van der Waals surface area contributed by atoms with Crippen molar-refractivity contribution in [1.82, 2.24) is 15.0 Å². The minimum atomic E-state index is -0.823. The molecule has 2 rings (SSSR count). The molecule has 0 aliphatic heterocycles. The van der Waals surface area contributed by atoms with Gasteiger partial charge in [0.15, 0.2) is 0 Å². The van der Waals surface area contributed by atoms with Gasteiger partial charge in [0.05, 0.1) is 24.0 Å². The molecule has 2 aromatic rings. The second-order valence-electron chi connectivity index (χ2n) is 4.32. The first-order valence-corrected chi connectivity index (χ1v) is 5.77. The smallest absolute Gasteiger partial charge is 0.303 e. The maximum atomic E-state index is 10.5. The van der Waals surface area contributed by atoms with E-state index in [1.807, 2.05) is 25.1 Å². The molecule has 0 bridgehead atoms. The van der Waals surface area contributed by atoms with E-state index in [4.69, 9.17) is 5.11 Å². The van der Waals surface area contributed by atoms with E-state index in [9.17, 15) is 4.79 Å². The van der Waals surface area contributed by atoms with Crippen LogP contribution in [0.4, 0.5) is 0 Å². The highest BCUT2D eigenvalue weighted by Gasteiger charge is 2.06. The van der Waals surface area contributed by atoms with E-state index in [1.54, 1.807) is 10.9 Å². The molecule has 0 spiro atoms. The fraction of sp³-hybridized carbons (Fsp3) is 0.308. The third-order valence-corrected chi connectivity index (χ3v) is 2.89. The molecule has 0 fully saturated rings. The molecule has 5 nitrogen and oxygen atoms in total. The Hall–Kier alpha value is -2.17. The van der Waals surface area contributed by atoms with Crippen LogP contribution in [0.1, 0.15) is 23.2 Å². The zero-order valence-corrected chi connectivity index (χ0v) is 10.4. The number of aryl methyl sites for hydroxylation is 3. The summed E-state index contributed by atoms with van der Waals surface area (Å²) < 4.78 is 1.67. The van der Waals surface area contributed by atoms with Crippen molar-refractivity contribution in [3.05, 3.63) is 41.2 Å². The molecule has 0 saturated heterocycles. The first-order valence-electron chi connectivity index (χ1n) is 5.77. The number of nitrogens with zero attached hydrogens (tertiary/aromatic N) is 3. The molecule has 0 aliphatic carbocycles. The van der Waals surface area contributed by atoms with E-state index in [-0.39, 0.29) is 6.42 Å². The van der Waals surface area contributed by atoms with Gasteiger partial charge in [-0.15, -0.1) is 5.10 Å². The largest absolute Gasteiger partial charge is 0.481 e. The van der Waals surface area contributed by atoms with Gasteiger partial charge in [-0.2, -0.15) is 0 Å². The highest BCUT2D eigenvalue weighted by molar-refractivity contribution is 5.66. The molecular weight excluding hydrogens is 230 g/mol. The Morgan fingerprint density at radius 1 is 1.33 bits per heavy atom. The van der Waals surface area contributed by atoms with Crippen molar-refractivity contribution < 1.29 is 9.90 Å². The van der Waals surface area contributed by atoms with E-state index >= 15 is 0 Å². The average molecular weight is 245 g/mol. The van der Waals surface area contributed by atoms with Crippen LogP contribution in [0.25, 0.3) is 5.69 Å². The molecule has 18 heavy (non-hydrogen) atoms. The van der Waals surface area contributed by atoms with Gasteiger partial charge in [0.1, 0.15) is 0 Å². The van der Waals surface area contributed by atoms with Crippen LogP contribution in [0.15, 0.2) is 24.4 Å². The number of aliphatic carboxylic acids is 1. The third-order valence-electron chi connectivity index (χ3n) is 2.89. The fourth-order valence-electron chi connectivity index (χ4n) is 1.64. The van der Waals surface area contributed by atoms with Crippen molar-refractivity contribution in [1.29, 1.82) is 0 Å². The van der Waals surface area contributed by atoms with Gasteiger partial charge in [-0.25, -0.2) is 4.68 Å². The first kappa shape index (κ1) is 12.3. The maximum absolute atomic E-state index is 10.5. The lowest BCUT2D eigenvalue weighted by atomic mass is 10.1. The summed E-state index contributed by atoms with van der Waals surface area (Å²) in [7, 11) is 0. The van der Waals surface area contributed by atoms with Crippen molar-refractivity contribution in [2.45, 2.75) is 26.7 Å². The van der Waals surface area contributed by atoms with Crippen molar-refractivity contribution >= 4 is 5.97 Å². The zero-order valence-electron chi connectivity index (χ0n) is 10.4. The standard InChI is InChI=1S/C13H15N3O2/c1-9-3-5-12(7-10(9)2)16-8-11(14-15-16)4-6-13(17)18/h3,5,7-8H,4,6H2,1-2H3,(H,17,18). The molecule has 5 heteroatoms. The Morgan fingerprint density at radius 2 is 2.11 bits per heavy atom. The van der Waals surface area contributed by atoms with E-state index in [2.05, 4.69) is 17.2 Å². The molecule has 0 radical (unpaired) electrons. The molecule has 1 N–H and O–H groups in total. The molecule has 0 amide bonds. The summed E-state index contributed by atoms with van der Waals surface area (Å²) in [5.41, 5.74) is 4.04. The Kier molecular flexibility index (Phi) is 3.41. The summed E-state index contributed by atoms with van der Waals surface area (Å²) in [6.07, 6.45) is 2.25. The molecule has 1 heterocycles. The van der Waals surface area contributed by atoms with E-state index < -0.39 is 5.97 Å². The Balaban J connectivity index is 2.18. The van der Waals surface area contributed by atoms with Crippen LogP contribution in [0.2, 0.25) is 0 Å². The monoisotopic (exact) mass is 245 g/mol. The average Bonchev–Trinajstić information content (AvgIpc) is 2.79. The molecule has 1 aromatic heterocycles. The lowest BCUT2D eigenvalue weighted by Gasteiger charge is -2.03. The van der Waals surface area contributed by atoms with Gasteiger partial charge in [-0.05, 0) is 37.1 Å². The van der Waals surface area contributed by atoms with Gasteiger partial charge < -0.3 is 5.11 Å². The second-order valence-corrected chi connectivity index (χ2v) is 4.32. The fourth-order valence-corrected chi connectivity index (χ4v) is 1.64. The second kappa shape index (κ2) is 5.00. The lowest BCUT2D eigenvalue weighted by molar-refractivity contribution is -0.136. The van der Waals surface area contributed by atoms with Crippen molar-refractivity contribution in [3.8, 4) is 5.69 Å². The normalized spacial score (nSPS) is 10.6. The van der Waals surface area contributed by atoms with E-state index in [1.165, 1.54) is 11.1 Å². The predicted molar refractivity (Wildman–Crippen MR) is 66.8 cm³/mol. The first-order chi connectivity index (χ1) is 8.56. The van der Waals surface area contributed by atoms with Crippen LogP contribution in [-0.4, -0.2) is 26.1 Å². The minimum Gasteiger partial charge on any atom is -0.481 e. The van der Waals surface area contributed by atoms with Crippen molar-refractivity contribution in [2.75, 3.05) is 0 Å². The van der Waals surface area contributed by atoms with Crippen LogP contribution < -0.4 is 0 Å². The Bertz CT molecular complexity index is 575. The van der Waals surface area contributed by atoms with Crippen LogP contribution in [-0.2, 0) is 11.2 Å². The molecule has 0 saturated carbocycles. The summed E-state index contributed by atoms with van der Waals surface area (Å²) in [6, 6.07) is 6.03. The van der Waals surface area contributed by atoms with E-state index in [0.717, 1.165) is 5.69 Å². The summed E-state index contributed by atoms with van der Waals surface area (Å²) in [5, 5.41) is 16.6. The third kappa shape index (κ3) is 2.74. The highest BCUT2D eigenvalue weighted by Crippen LogP contribution is 2.13. The number of carbonyl (C=O) groups is 1. The maximum Gasteiger partial charge on any atom is 0.303 e. The quantitative estimate of drug-likeness (QED) is 0.893. The van der Waals surface area contributed by atoms with Gasteiger partial charge >= 0.3 is 5.97 Å². The summed E-state index contributed by atoms with van der Waals surface area (Å²) in [4.78, 5) is 10.5. The number of benzene rings is 1. The van der Waals surface area contributed by atoms with Gasteiger partial charge in [-0.3, -0.25) is 4.79 Å². The van der Waals surface area contributed by atoms with Crippen LogP contribution in [0, 0.1) is 13.8 Å². The Morgan fingerprint density at radius 3 is 2.78 bits per heavy atom. The van der Waals surface area contributed by atoms with Crippen LogP contribution >= 0.6 is 0 Å². The number of aromatic nitrogens is 3. The van der Waals surface area contributed by atoms with Crippen molar-refractivity contribution in [3.63, 3.8) is 0 Å². The summed E-state index contributed by atoms with van der Waals surface area (Å²) in [5.74, 6) is -0.823. The minimum absolute atomic E-state index is 0.0750. The van der Waals surface area contributed by atoms with Gasteiger partial charge in [0.2, 0.25) is 0 Å². The van der Waals surface area contributed by atoms with Gasteiger partial charge in [-0.1, -0.05) is 11.3 Å². The van der Waals surface area contributed by atoms with Gasteiger partial charge in [0.25, 0.3) is 0 Å².